The zero-order valence-corrected chi connectivity index (χ0v) is 11.8. The average Bonchev–Trinajstić information content (AvgIpc) is 2.49. The Balaban J connectivity index is 2.41. The fourth-order valence-corrected chi connectivity index (χ4v) is 2.75. The van der Waals surface area contributed by atoms with Gasteiger partial charge >= 0.3 is 0 Å². The van der Waals surface area contributed by atoms with Crippen LogP contribution in [0.5, 0.6) is 0 Å². The van der Waals surface area contributed by atoms with E-state index in [1.165, 1.54) is 32.6 Å². The minimum atomic E-state index is 0.710. The summed E-state index contributed by atoms with van der Waals surface area (Å²) in [5.74, 6) is 2.42. The highest BCUT2D eigenvalue weighted by Gasteiger charge is 2.25. The Morgan fingerprint density at radius 1 is 1.12 bits per heavy atom. The molecule has 2 nitrogen and oxygen atoms in total. The first-order valence-corrected chi connectivity index (χ1v) is 6.94. The first kappa shape index (κ1) is 14.0. The Morgan fingerprint density at radius 2 is 1.69 bits per heavy atom. The summed E-state index contributed by atoms with van der Waals surface area (Å²) in [5.41, 5.74) is 0. The molecule has 1 fully saturated rings. The fraction of sp³-hybridized carbons (Fsp3) is 1.00. The molecule has 1 N–H and O–H groups in total. The Bertz CT molecular complexity index is 179. The van der Waals surface area contributed by atoms with E-state index in [9.17, 15) is 0 Å². The van der Waals surface area contributed by atoms with Crippen LogP contribution in [0.4, 0.5) is 0 Å². The third-order valence-corrected chi connectivity index (χ3v) is 3.43. The van der Waals surface area contributed by atoms with Crippen molar-refractivity contribution >= 4 is 0 Å². The summed E-state index contributed by atoms with van der Waals surface area (Å²) in [6.45, 7) is 16.6. The summed E-state index contributed by atoms with van der Waals surface area (Å²) >= 11 is 0. The largest absolute Gasteiger partial charge is 0.314 e. The summed E-state index contributed by atoms with van der Waals surface area (Å²) in [5, 5.41) is 3.55. The minimum absolute atomic E-state index is 0.710. The predicted molar refractivity (Wildman–Crippen MR) is 71.7 cm³/mol. The number of nitrogens with zero attached hydrogens (tertiary/aromatic N) is 1. The van der Waals surface area contributed by atoms with Gasteiger partial charge in [-0.05, 0) is 37.6 Å². The Morgan fingerprint density at radius 3 is 2.06 bits per heavy atom. The molecule has 1 heterocycles. The number of hydrogen-bond donors (Lipinski definition) is 1. The summed E-state index contributed by atoms with van der Waals surface area (Å²) in [6, 6.07) is 0.710. The third-order valence-electron chi connectivity index (χ3n) is 3.43. The van der Waals surface area contributed by atoms with E-state index in [-0.39, 0.29) is 0 Å². The van der Waals surface area contributed by atoms with E-state index in [0.29, 0.717) is 6.04 Å². The fourth-order valence-electron chi connectivity index (χ4n) is 2.75. The van der Waals surface area contributed by atoms with Gasteiger partial charge in [0.2, 0.25) is 0 Å². The number of rotatable bonds is 6. The van der Waals surface area contributed by atoms with E-state index in [1.807, 2.05) is 0 Å². The molecule has 0 aliphatic carbocycles. The van der Waals surface area contributed by atoms with Crippen LogP contribution in [-0.4, -0.2) is 37.1 Å². The zero-order chi connectivity index (χ0) is 12.1. The van der Waals surface area contributed by atoms with Crippen LogP contribution in [0.3, 0.4) is 0 Å². The van der Waals surface area contributed by atoms with Gasteiger partial charge in [0.1, 0.15) is 0 Å². The molecule has 1 aliphatic heterocycles. The highest BCUT2D eigenvalue weighted by Crippen LogP contribution is 2.18. The van der Waals surface area contributed by atoms with Gasteiger partial charge in [-0.15, -0.1) is 0 Å². The number of hydrogen-bond acceptors (Lipinski definition) is 2. The van der Waals surface area contributed by atoms with Gasteiger partial charge < -0.3 is 10.2 Å². The lowest BCUT2D eigenvalue weighted by molar-refractivity contribution is 0.183. The van der Waals surface area contributed by atoms with E-state index < -0.39 is 0 Å². The minimum Gasteiger partial charge on any atom is -0.314 e. The van der Waals surface area contributed by atoms with Crippen molar-refractivity contribution in [3.63, 3.8) is 0 Å². The smallest absolute Gasteiger partial charge is 0.00796 e. The van der Waals surface area contributed by atoms with E-state index >= 15 is 0 Å². The van der Waals surface area contributed by atoms with E-state index in [2.05, 4.69) is 44.8 Å². The normalized spacial score (nSPS) is 26.2. The third kappa shape index (κ3) is 4.84. The van der Waals surface area contributed by atoms with Crippen molar-refractivity contribution < 1.29 is 0 Å². The molecular weight excluding hydrogens is 196 g/mol. The van der Waals surface area contributed by atoms with Crippen molar-refractivity contribution in [2.75, 3.05) is 26.2 Å². The lowest BCUT2D eigenvalue weighted by Crippen LogP contribution is -2.38. The average molecular weight is 226 g/mol. The van der Waals surface area contributed by atoms with E-state index in [4.69, 9.17) is 0 Å². The van der Waals surface area contributed by atoms with Crippen molar-refractivity contribution in [2.45, 2.75) is 47.1 Å². The quantitative estimate of drug-likeness (QED) is 0.749. The lowest BCUT2D eigenvalue weighted by atomic mass is 10.00. The van der Waals surface area contributed by atoms with Gasteiger partial charge in [-0.3, -0.25) is 0 Å². The van der Waals surface area contributed by atoms with Crippen LogP contribution in [-0.2, 0) is 0 Å². The second-order valence-electron chi connectivity index (χ2n) is 6.30. The molecule has 1 rings (SSSR count). The monoisotopic (exact) mass is 226 g/mol. The molecule has 0 radical (unpaired) electrons. The molecular formula is C14H30N2. The van der Waals surface area contributed by atoms with Gasteiger partial charge in [0.25, 0.3) is 0 Å². The Hall–Kier alpha value is -0.0800. The molecule has 0 bridgehead atoms. The van der Waals surface area contributed by atoms with Crippen molar-refractivity contribution in [3.8, 4) is 0 Å². The van der Waals surface area contributed by atoms with Crippen molar-refractivity contribution in [1.82, 2.24) is 10.2 Å². The van der Waals surface area contributed by atoms with Crippen molar-refractivity contribution in [3.05, 3.63) is 0 Å². The van der Waals surface area contributed by atoms with Gasteiger partial charge in [-0.1, -0.05) is 27.7 Å². The molecule has 0 aromatic rings. The molecule has 2 atom stereocenters. The van der Waals surface area contributed by atoms with Gasteiger partial charge in [0, 0.05) is 25.7 Å². The maximum absolute atomic E-state index is 3.55. The Kier molecular flexibility index (Phi) is 5.77. The van der Waals surface area contributed by atoms with Crippen molar-refractivity contribution in [1.29, 1.82) is 0 Å². The van der Waals surface area contributed by atoms with Crippen LogP contribution in [0.25, 0.3) is 0 Å². The van der Waals surface area contributed by atoms with Gasteiger partial charge in [-0.25, -0.2) is 0 Å². The maximum Gasteiger partial charge on any atom is 0.00796 e. The molecule has 0 aromatic heterocycles. The molecule has 0 saturated carbocycles. The molecule has 0 amide bonds. The van der Waals surface area contributed by atoms with E-state index in [0.717, 1.165) is 17.8 Å². The van der Waals surface area contributed by atoms with Crippen LogP contribution in [0.1, 0.15) is 41.0 Å². The highest BCUT2D eigenvalue weighted by atomic mass is 15.1. The molecule has 16 heavy (non-hydrogen) atoms. The second kappa shape index (κ2) is 6.61. The highest BCUT2D eigenvalue weighted by molar-refractivity contribution is 4.82. The van der Waals surface area contributed by atoms with Crippen LogP contribution < -0.4 is 5.32 Å². The second-order valence-corrected chi connectivity index (χ2v) is 6.30. The topological polar surface area (TPSA) is 15.3 Å². The molecule has 0 spiro atoms. The summed E-state index contributed by atoms with van der Waals surface area (Å²) in [4.78, 5) is 2.67. The maximum atomic E-state index is 3.55. The summed E-state index contributed by atoms with van der Waals surface area (Å²) in [7, 11) is 0. The molecule has 2 heteroatoms. The molecule has 96 valence electrons. The molecule has 0 aromatic carbocycles. The first-order chi connectivity index (χ1) is 7.49. The predicted octanol–water partition coefficient (Wildman–Crippen LogP) is 2.60. The zero-order valence-electron chi connectivity index (χ0n) is 11.8. The lowest BCUT2D eigenvalue weighted by Gasteiger charge is -2.30. The molecule has 1 aliphatic rings. The first-order valence-electron chi connectivity index (χ1n) is 6.94. The molecule has 1 saturated heterocycles. The number of nitrogens with one attached hydrogen (secondary N) is 1. The summed E-state index contributed by atoms with van der Waals surface area (Å²) in [6.07, 6.45) is 1.36. The molecule has 2 unspecified atom stereocenters. The van der Waals surface area contributed by atoms with Crippen LogP contribution in [0.2, 0.25) is 0 Å². The Labute approximate surface area is 102 Å². The van der Waals surface area contributed by atoms with Gasteiger partial charge in [0.15, 0.2) is 0 Å². The van der Waals surface area contributed by atoms with Gasteiger partial charge in [-0.2, -0.15) is 0 Å². The van der Waals surface area contributed by atoms with Crippen LogP contribution in [0.15, 0.2) is 0 Å². The van der Waals surface area contributed by atoms with Gasteiger partial charge in [0.05, 0.1) is 0 Å². The van der Waals surface area contributed by atoms with Crippen molar-refractivity contribution in [2.24, 2.45) is 17.8 Å². The SMILES string of the molecule is CC(C)CN(CC(C)C)CC1CCNC1C. The van der Waals surface area contributed by atoms with Crippen LogP contribution in [0, 0.1) is 17.8 Å². The summed E-state index contributed by atoms with van der Waals surface area (Å²) < 4.78 is 0. The van der Waals surface area contributed by atoms with E-state index in [1.54, 1.807) is 0 Å². The standard InChI is InChI=1S/C14H30N2/c1-11(2)8-16(9-12(3)4)10-14-6-7-15-13(14)5/h11-15H,6-10H2,1-5H3. The van der Waals surface area contributed by atoms with Crippen LogP contribution >= 0.6 is 0 Å².